The number of alkyl halides is 3. The van der Waals surface area contributed by atoms with Crippen molar-refractivity contribution in [1.29, 1.82) is 0 Å². The third-order valence-electron chi connectivity index (χ3n) is 6.44. The van der Waals surface area contributed by atoms with Crippen LogP contribution in [0.5, 0.6) is 0 Å². The fraction of sp³-hybridized carbons (Fsp3) is 0.387. The van der Waals surface area contributed by atoms with E-state index in [9.17, 15) is 18.0 Å². The highest BCUT2D eigenvalue weighted by molar-refractivity contribution is 5.67. The smallest absolute Gasteiger partial charge is 0.416 e. The molecule has 4 nitrogen and oxygen atoms in total. The van der Waals surface area contributed by atoms with Crippen molar-refractivity contribution in [2.24, 2.45) is 0 Å². The van der Waals surface area contributed by atoms with E-state index in [1.165, 1.54) is 59.6 Å². The first-order chi connectivity index (χ1) is 18.2. The molecule has 0 bridgehead atoms. The van der Waals surface area contributed by atoms with Crippen molar-refractivity contribution in [3.8, 4) is 0 Å². The first kappa shape index (κ1) is 29.4. The molecule has 0 unspecified atom stereocenters. The lowest BCUT2D eigenvalue weighted by molar-refractivity contribution is -0.190. The monoisotopic (exact) mass is 527 g/mol. The Labute approximate surface area is 223 Å². The molecular formula is C31H36F3NO3. The van der Waals surface area contributed by atoms with Gasteiger partial charge in [-0.25, -0.2) is 4.79 Å². The number of halogens is 3. The summed E-state index contributed by atoms with van der Waals surface area (Å²) in [5.74, 6) is -1.12. The van der Waals surface area contributed by atoms with E-state index in [2.05, 4.69) is 31.2 Å². The Bertz CT molecular complexity index is 1110. The molecule has 0 aromatic heterocycles. The largest absolute Gasteiger partial charge is 0.479 e. The van der Waals surface area contributed by atoms with Crippen LogP contribution >= 0.6 is 0 Å². The van der Waals surface area contributed by atoms with Gasteiger partial charge in [0.25, 0.3) is 0 Å². The number of nitrogens with zero attached hydrogens (tertiary/aromatic N) is 1. The predicted octanol–water partition coefficient (Wildman–Crippen LogP) is 7.63. The molecule has 0 saturated carbocycles. The van der Waals surface area contributed by atoms with Crippen LogP contribution < -0.4 is 0 Å². The van der Waals surface area contributed by atoms with Crippen LogP contribution in [0.1, 0.15) is 66.0 Å². The van der Waals surface area contributed by atoms with Gasteiger partial charge in [0, 0.05) is 13.1 Å². The molecule has 3 aromatic carbocycles. The van der Waals surface area contributed by atoms with Crippen molar-refractivity contribution < 1.29 is 27.9 Å². The van der Waals surface area contributed by atoms with Crippen molar-refractivity contribution >= 4 is 5.97 Å². The number of aliphatic carboxylic acids is 1. The summed E-state index contributed by atoms with van der Waals surface area (Å²) < 4.78 is 38.5. The molecule has 0 amide bonds. The Morgan fingerprint density at radius 1 is 0.711 bits per heavy atom. The highest BCUT2D eigenvalue weighted by Crippen LogP contribution is 2.29. The number of hydrogen-bond acceptors (Lipinski definition) is 3. The summed E-state index contributed by atoms with van der Waals surface area (Å²) in [4.78, 5) is 16.4. The molecule has 0 atom stereocenters. The maximum absolute atomic E-state index is 12.8. The zero-order valence-electron chi connectivity index (χ0n) is 21.8. The molecule has 0 aliphatic rings. The summed E-state index contributed by atoms with van der Waals surface area (Å²) >= 11 is 0. The van der Waals surface area contributed by atoms with Crippen molar-refractivity contribution in [2.75, 3.05) is 6.61 Å². The normalized spacial score (nSPS) is 11.7. The summed E-state index contributed by atoms with van der Waals surface area (Å²) in [6.07, 6.45) is 3.64. The number of benzene rings is 3. The zero-order valence-corrected chi connectivity index (χ0v) is 21.8. The van der Waals surface area contributed by atoms with Gasteiger partial charge in [-0.05, 0) is 65.6 Å². The zero-order chi connectivity index (χ0) is 27.4. The number of aryl methyl sites for hydroxylation is 3. The van der Waals surface area contributed by atoms with Crippen LogP contribution in [0.4, 0.5) is 13.2 Å². The minimum absolute atomic E-state index is 0.155. The molecule has 0 aliphatic heterocycles. The lowest BCUT2D eigenvalue weighted by Crippen LogP contribution is -2.26. The highest BCUT2D eigenvalue weighted by Gasteiger charge is 2.30. The van der Waals surface area contributed by atoms with E-state index >= 15 is 0 Å². The van der Waals surface area contributed by atoms with Gasteiger partial charge in [0.2, 0.25) is 0 Å². The second-order valence-electron chi connectivity index (χ2n) is 9.60. The number of carboxylic acids is 1. The first-order valence-corrected chi connectivity index (χ1v) is 13.1. The van der Waals surface area contributed by atoms with Crippen molar-refractivity contribution in [3.05, 3.63) is 106 Å². The minimum Gasteiger partial charge on any atom is -0.479 e. The van der Waals surface area contributed by atoms with E-state index in [0.717, 1.165) is 37.0 Å². The summed E-state index contributed by atoms with van der Waals surface area (Å²) in [6.45, 7) is 2.15. The molecule has 0 saturated heterocycles. The van der Waals surface area contributed by atoms with E-state index in [-0.39, 0.29) is 6.54 Å². The molecule has 204 valence electrons. The van der Waals surface area contributed by atoms with Crippen molar-refractivity contribution in [1.82, 2.24) is 5.06 Å². The van der Waals surface area contributed by atoms with Crippen LogP contribution in [0.3, 0.4) is 0 Å². The van der Waals surface area contributed by atoms with E-state index < -0.39 is 24.3 Å². The van der Waals surface area contributed by atoms with E-state index in [1.54, 1.807) is 0 Å². The quantitative estimate of drug-likeness (QED) is 0.163. The fourth-order valence-electron chi connectivity index (χ4n) is 4.23. The Morgan fingerprint density at radius 2 is 1.16 bits per heavy atom. The number of hydroxylamine groups is 2. The third-order valence-corrected chi connectivity index (χ3v) is 6.44. The number of hydrogen-bond donors (Lipinski definition) is 1. The standard InChI is InChI=1S/C31H36F3NO3/c1-2-3-4-5-6-24-7-9-25(10-8-24)11-12-26-13-15-27(16-14-26)21-35(38-23-30(36)37)22-28-17-19-29(20-18-28)31(32,33)34/h7-10,13-20H,2-6,11-12,21-23H2,1H3,(H,36,37). The average molecular weight is 528 g/mol. The van der Waals surface area contributed by atoms with Crippen LogP contribution in [0.25, 0.3) is 0 Å². The average Bonchev–Trinajstić information content (AvgIpc) is 2.90. The number of rotatable bonds is 15. The Morgan fingerprint density at radius 3 is 1.61 bits per heavy atom. The summed E-state index contributed by atoms with van der Waals surface area (Å²) in [6, 6.07) is 21.7. The van der Waals surface area contributed by atoms with E-state index in [1.807, 2.05) is 24.3 Å². The third kappa shape index (κ3) is 10.3. The second-order valence-corrected chi connectivity index (χ2v) is 9.60. The van der Waals surface area contributed by atoms with Gasteiger partial charge in [-0.15, -0.1) is 0 Å². The maximum Gasteiger partial charge on any atom is 0.416 e. The SMILES string of the molecule is CCCCCCc1ccc(CCc2ccc(CN(Cc3ccc(C(F)(F)F)cc3)OCC(=O)O)cc2)cc1. The molecule has 0 heterocycles. The lowest BCUT2D eigenvalue weighted by atomic mass is 10.0. The fourth-order valence-corrected chi connectivity index (χ4v) is 4.23. The van der Waals surface area contributed by atoms with Crippen LogP contribution in [0.15, 0.2) is 72.8 Å². The van der Waals surface area contributed by atoms with Crippen LogP contribution in [-0.2, 0) is 48.2 Å². The lowest BCUT2D eigenvalue weighted by Gasteiger charge is -2.21. The molecule has 3 rings (SSSR count). The molecule has 0 fully saturated rings. The van der Waals surface area contributed by atoms with E-state index in [0.29, 0.717) is 12.1 Å². The Balaban J connectivity index is 1.53. The molecule has 7 heteroatoms. The van der Waals surface area contributed by atoms with E-state index in [4.69, 9.17) is 9.94 Å². The van der Waals surface area contributed by atoms with Crippen LogP contribution in [0, 0.1) is 0 Å². The van der Waals surface area contributed by atoms with Gasteiger partial charge in [0.05, 0.1) is 5.56 Å². The van der Waals surface area contributed by atoms with Crippen LogP contribution in [-0.4, -0.2) is 22.7 Å². The van der Waals surface area contributed by atoms with Gasteiger partial charge >= 0.3 is 12.1 Å². The first-order valence-electron chi connectivity index (χ1n) is 13.1. The Kier molecular flexibility index (Phi) is 11.4. The second kappa shape index (κ2) is 14.7. The molecular weight excluding hydrogens is 491 g/mol. The number of unbranched alkanes of at least 4 members (excludes halogenated alkanes) is 3. The molecule has 0 aliphatic carbocycles. The van der Waals surface area contributed by atoms with Gasteiger partial charge in [-0.3, -0.25) is 4.84 Å². The molecule has 3 aromatic rings. The van der Waals surface area contributed by atoms with Gasteiger partial charge < -0.3 is 5.11 Å². The molecule has 0 spiro atoms. The summed E-state index contributed by atoms with van der Waals surface area (Å²) in [5.41, 5.74) is 4.66. The number of carbonyl (C=O) groups is 1. The molecule has 1 N–H and O–H groups in total. The van der Waals surface area contributed by atoms with Gasteiger partial charge in [0.1, 0.15) is 0 Å². The topological polar surface area (TPSA) is 49.8 Å². The summed E-state index contributed by atoms with van der Waals surface area (Å²) in [7, 11) is 0. The highest BCUT2D eigenvalue weighted by atomic mass is 19.4. The van der Waals surface area contributed by atoms with Gasteiger partial charge in [0.15, 0.2) is 6.61 Å². The maximum atomic E-state index is 12.8. The molecule has 0 radical (unpaired) electrons. The Hall–Kier alpha value is -3.16. The predicted molar refractivity (Wildman–Crippen MR) is 142 cm³/mol. The van der Waals surface area contributed by atoms with Crippen LogP contribution in [0.2, 0.25) is 0 Å². The number of carboxylic acid groups (broad SMARTS) is 1. The van der Waals surface area contributed by atoms with Crippen molar-refractivity contribution in [3.63, 3.8) is 0 Å². The summed E-state index contributed by atoms with van der Waals surface area (Å²) in [5, 5.41) is 10.5. The molecule has 38 heavy (non-hydrogen) atoms. The van der Waals surface area contributed by atoms with Crippen molar-refractivity contribution in [2.45, 2.75) is 71.1 Å². The van der Waals surface area contributed by atoms with Gasteiger partial charge in [-0.2, -0.15) is 18.2 Å². The van der Waals surface area contributed by atoms with Gasteiger partial charge in [-0.1, -0.05) is 86.8 Å². The minimum atomic E-state index is -4.41.